The number of phosphoric acid groups is 1. The molecule has 0 spiro atoms. The molecule has 19 atom stereocenters. The molecule has 2 saturated heterocycles. The summed E-state index contributed by atoms with van der Waals surface area (Å²) in [6.45, 7) is 5.79. The number of hydrogen-bond donors (Lipinski definition) is 11. The zero-order valence-corrected chi connectivity index (χ0v) is 62.1. The molecule has 1 saturated carbocycles. The second kappa shape index (κ2) is 55.4. The molecular weight excluding hydrogens is 1300 g/mol. The van der Waals surface area contributed by atoms with Crippen molar-refractivity contribution in [2.24, 2.45) is 5.92 Å². The molecule has 0 amide bonds. The Morgan fingerprint density at radius 2 is 0.707 bits per heavy atom. The monoisotopic (exact) mass is 1440 g/mol. The van der Waals surface area contributed by atoms with Crippen LogP contribution in [0.5, 0.6) is 0 Å². The first-order valence-corrected chi connectivity index (χ1v) is 40.7. The normalized spacial score (nSPS) is 27.7. The SMILES string of the molecule is CCCCCCCCCCCCCCCCCCCC(=O)OCC(COP(=O)(O)OC1C(OC2OC(CO)C(O)C(O)C2O)C(O)C(O)C(O)C1OC1OC(COC(=O)CCCCCCCCCCCCC)C(O)C(O)C1O)OC(=O)CCCCCCCCC(C)CCCCCCCC. The van der Waals surface area contributed by atoms with Crippen molar-refractivity contribution in [3.63, 3.8) is 0 Å². The van der Waals surface area contributed by atoms with E-state index in [0.29, 0.717) is 25.2 Å². The number of aliphatic hydroxyl groups is 10. The average molecular weight is 1440 g/mol. The van der Waals surface area contributed by atoms with Crippen LogP contribution in [0.2, 0.25) is 0 Å². The van der Waals surface area contributed by atoms with E-state index in [1.54, 1.807) is 0 Å². The van der Waals surface area contributed by atoms with Gasteiger partial charge >= 0.3 is 25.7 Å². The van der Waals surface area contributed by atoms with Crippen molar-refractivity contribution in [1.82, 2.24) is 0 Å². The molecule has 3 aliphatic rings. The van der Waals surface area contributed by atoms with Gasteiger partial charge in [-0.1, -0.05) is 278 Å². The van der Waals surface area contributed by atoms with E-state index in [2.05, 4.69) is 27.7 Å². The van der Waals surface area contributed by atoms with Crippen molar-refractivity contribution < 1.29 is 117 Å². The van der Waals surface area contributed by atoms with Crippen LogP contribution in [0, 0.1) is 5.92 Å². The number of carbonyl (C=O) groups is 3. The number of esters is 3. The Morgan fingerprint density at radius 1 is 0.384 bits per heavy atom. The van der Waals surface area contributed by atoms with Crippen LogP contribution in [0.1, 0.15) is 317 Å². The summed E-state index contributed by atoms with van der Waals surface area (Å²) >= 11 is 0. The molecule has 1 aliphatic carbocycles. The molecule has 0 aromatic rings. The van der Waals surface area contributed by atoms with E-state index >= 15 is 0 Å². The molecule has 0 aromatic carbocycles. The van der Waals surface area contributed by atoms with E-state index in [1.807, 2.05) is 0 Å². The number of ether oxygens (including phenoxy) is 7. The Bertz CT molecular complexity index is 2060. The highest BCUT2D eigenvalue weighted by atomic mass is 31.2. The summed E-state index contributed by atoms with van der Waals surface area (Å²) in [6, 6.07) is 0. The van der Waals surface area contributed by atoms with Crippen LogP contribution in [0.3, 0.4) is 0 Å². The maximum atomic E-state index is 14.4. The highest BCUT2D eigenvalue weighted by Crippen LogP contribution is 2.49. The molecule has 99 heavy (non-hydrogen) atoms. The molecule has 2 heterocycles. The molecular formula is C74H139O24P. The van der Waals surface area contributed by atoms with Crippen molar-refractivity contribution in [2.45, 2.75) is 421 Å². The molecule has 0 radical (unpaired) electrons. The largest absolute Gasteiger partial charge is 0.472 e. The van der Waals surface area contributed by atoms with Crippen LogP contribution in [0.4, 0.5) is 0 Å². The summed E-state index contributed by atoms with van der Waals surface area (Å²) in [5.74, 6) is -1.29. The second-order valence-electron chi connectivity index (χ2n) is 28.7. The lowest BCUT2D eigenvalue weighted by Gasteiger charge is -2.49. The Labute approximate surface area is 593 Å². The van der Waals surface area contributed by atoms with Crippen LogP contribution < -0.4 is 0 Å². The summed E-state index contributed by atoms with van der Waals surface area (Å²) < 4.78 is 65.1. The average Bonchev–Trinajstić information content (AvgIpc) is 0.761. The molecule has 3 rings (SSSR count). The summed E-state index contributed by atoms with van der Waals surface area (Å²) in [4.78, 5) is 51.1. The topological polar surface area (TPSA) is 374 Å². The first-order chi connectivity index (χ1) is 47.7. The third-order valence-corrected chi connectivity index (χ3v) is 20.8. The molecule has 19 unspecified atom stereocenters. The Kier molecular flexibility index (Phi) is 51.0. The summed E-state index contributed by atoms with van der Waals surface area (Å²) in [7, 11) is -5.70. The quantitative estimate of drug-likeness (QED) is 0.0117. The molecule has 0 bridgehead atoms. The third kappa shape index (κ3) is 38.7. The fourth-order valence-corrected chi connectivity index (χ4v) is 14.3. The summed E-state index contributed by atoms with van der Waals surface area (Å²) in [6.07, 6.45) is 11.7. The third-order valence-electron chi connectivity index (χ3n) is 19.8. The van der Waals surface area contributed by atoms with Crippen LogP contribution in [0.15, 0.2) is 0 Å². The van der Waals surface area contributed by atoms with Gasteiger partial charge in [0.05, 0.1) is 13.2 Å². The summed E-state index contributed by atoms with van der Waals surface area (Å²) in [5, 5.41) is 110. The van der Waals surface area contributed by atoms with Gasteiger partial charge in [-0.3, -0.25) is 23.4 Å². The van der Waals surface area contributed by atoms with E-state index in [4.69, 9.17) is 42.2 Å². The number of aliphatic hydroxyl groups excluding tert-OH is 10. The highest BCUT2D eigenvalue weighted by molar-refractivity contribution is 7.47. The zero-order valence-electron chi connectivity index (χ0n) is 61.2. The lowest BCUT2D eigenvalue weighted by atomic mass is 9.84. The van der Waals surface area contributed by atoms with Gasteiger partial charge in [0, 0.05) is 19.3 Å². The number of hydrogen-bond acceptors (Lipinski definition) is 23. The number of carbonyl (C=O) groups excluding carboxylic acids is 3. The van der Waals surface area contributed by atoms with Gasteiger partial charge in [0.1, 0.15) is 98.7 Å². The lowest BCUT2D eigenvalue weighted by Crippen LogP contribution is -2.69. The maximum absolute atomic E-state index is 14.4. The van der Waals surface area contributed by atoms with E-state index in [0.717, 1.165) is 89.9 Å². The van der Waals surface area contributed by atoms with Crippen molar-refractivity contribution in [1.29, 1.82) is 0 Å². The van der Waals surface area contributed by atoms with Gasteiger partial charge < -0.3 is 89.1 Å². The maximum Gasteiger partial charge on any atom is 0.472 e. The predicted octanol–water partition coefficient (Wildman–Crippen LogP) is 11.2. The molecule has 584 valence electrons. The lowest BCUT2D eigenvalue weighted by molar-refractivity contribution is -0.360. The number of unbranched alkanes of at least 4 members (excludes halogenated alkanes) is 36. The molecule has 3 fully saturated rings. The van der Waals surface area contributed by atoms with Gasteiger partial charge in [-0.05, 0) is 25.2 Å². The standard InChI is InChI=1S/C74H139O24P/c1-5-8-11-14-17-19-21-22-23-24-25-26-28-30-31-37-42-47-58(76)90-51-55(93-60(78)49-44-39-34-33-36-41-46-54(4)45-40-35-16-13-10-7-3)52-92-99(88,89)98-72-70(96-73-68(86)63(81)61(79)56(50-75)94-73)66(84)65(83)67(85)71(72)97-74-69(87)64(82)62(80)57(95-74)53-91-59(77)48-43-38-32-29-27-20-18-15-12-9-6-2/h54-57,61-75,79-87H,5-53H2,1-4H3,(H,88,89). The fraction of sp³-hybridized carbons (Fsp3) is 0.959. The van der Waals surface area contributed by atoms with E-state index in [1.165, 1.54) is 161 Å². The second-order valence-corrected chi connectivity index (χ2v) is 30.1. The fourth-order valence-electron chi connectivity index (χ4n) is 13.3. The Hall–Kier alpha value is -2.04. The van der Waals surface area contributed by atoms with Crippen LogP contribution in [-0.2, 0) is 61.2 Å². The van der Waals surface area contributed by atoms with Gasteiger partial charge in [0.25, 0.3) is 0 Å². The molecule has 11 N–H and O–H groups in total. The molecule has 2 aliphatic heterocycles. The van der Waals surface area contributed by atoms with Gasteiger partial charge in [-0.15, -0.1) is 0 Å². The van der Waals surface area contributed by atoms with Gasteiger partial charge in [-0.25, -0.2) is 4.57 Å². The Morgan fingerprint density at radius 3 is 1.09 bits per heavy atom. The molecule has 24 nitrogen and oxygen atoms in total. The van der Waals surface area contributed by atoms with Crippen molar-refractivity contribution in [2.75, 3.05) is 26.4 Å². The van der Waals surface area contributed by atoms with Crippen LogP contribution >= 0.6 is 7.82 Å². The Balaban J connectivity index is 1.73. The van der Waals surface area contributed by atoms with E-state index < -0.39 is 156 Å². The highest BCUT2D eigenvalue weighted by Gasteiger charge is 2.58. The van der Waals surface area contributed by atoms with Crippen molar-refractivity contribution in [3.8, 4) is 0 Å². The van der Waals surface area contributed by atoms with Gasteiger partial charge in [-0.2, -0.15) is 0 Å². The number of rotatable bonds is 61. The molecule has 25 heteroatoms. The minimum absolute atomic E-state index is 0.0324. The smallest absolute Gasteiger partial charge is 0.463 e. The predicted molar refractivity (Wildman–Crippen MR) is 375 cm³/mol. The summed E-state index contributed by atoms with van der Waals surface area (Å²) in [5.41, 5.74) is 0. The van der Waals surface area contributed by atoms with E-state index in [-0.39, 0.29) is 19.3 Å². The van der Waals surface area contributed by atoms with E-state index in [9.17, 15) is 74.9 Å². The van der Waals surface area contributed by atoms with Crippen molar-refractivity contribution in [3.05, 3.63) is 0 Å². The minimum Gasteiger partial charge on any atom is -0.463 e. The zero-order chi connectivity index (χ0) is 72.6. The van der Waals surface area contributed by atoms with Gasteiger partial charge in [0.15, 0.2) is 18.7 Å². The first-order valence-electron chi connectivity index (χ1n) is 39.2. The number of phosphoric ester groups is 1. The van der Waals surface area contributed by atoms with Crippen molar-refractivity contribution >= 4 is 25.7 Å². The van der Waals surface area contributed by atoms with Gasteiger partial charge in [0.2, 0.25) is 0 Å². The van der Waals surface area contributed by atoms with Crippen LogP contribution in [0.25, 0.3) is 0 Å². The minimum atomic E-state index is -5.70. The molecule has 0 aromatic heterocycles. The van der Waals surface area contributed by atoms with Crippen LogP contribution in [-0.4, -0.2) is 204 Å². The first kappa shape index (κ1) is 91.2.